The fourth-order valence-corrected chi connectivity index (χ4v) is 5.03. The summed E-state index contributed by atoms with van der Waals surface area (Å²) in [6, 6.07) is 17.0. The fraction of sp³-hybridized carbons (Fsp3) is 0.296. The molecule has 0 bridgehead atoms. The molecule has 1 heterocycles. The summed E-state index contributed by atoms with van der Waals surface area (Å²) in [6.07, 6.45) is 0.195. The van der Waals surface area contributed by atoms with Crippen molar-refractivity contribution in [2.75, 3.05) is 21.0 Å². The lowest BCUT2D eigenvalue weighted by Crippen LogP contribution is -2.35. The monoisotopic (exact) mass is 511 g/mol. The summed E-state index contributed by atoms with van der Waals surface area (Å²) in [7, 11) is -1.01. The van der Waals surface area contributed by atoms with Gasteiger partial charge in [0.15, 0.2) is 11.5 Å². The molecule has 1 N–H and O–H groups in total. The Morgan fingerprint density at radius 1 is 0.889 bits per heavy atom. The summed E-state index contributed by atoms with van der Waals surface area (Å²) < 4.78 is 50.0. The molecule has 0 saturated heterocycles. The number of nitrogens with one attached hydrogen (secondary N) is 1. The van der Waals surface area contributed by atoms with E-state index in [4.69, 9.17) is 18.9 Å². The Bertz CT molecular complexity index is 1330. The second-order valence-electron chi connectivity index (χ2n) is 8.78. The summed E-state index contributed by atoms with van der Waals surface area (Å²) in [4.78, 5) is 13.5. The van der Waals surface area contributed by atoms with Gasteiger partial charge in [0.1, 0.15) is 11.5 Å². The Hall–Kier alpha value is -3.72. The molecule has 0 spiro atoms. The summed E-state index contributed by atoms with van der Waals surface area (Å²) in [6.45, 7) is 4.13. The van der Waals surface area contributed by atoms with Gasteiger partial charge in [0.2, 0.25) is 12.7 Å². The highest BCUT2D eigenvalue weighted by Gasteiger charge is 2.28. The molecule has 0 fully saturated rings. The standard InChI is InChI=1S/C27H29NO7S/c1-17(2)19-5-8-23(9-6-19)36(30,31)28-27(29)24(20-7-10-25-26(14-20)35-16-34-25)13-18-11-21(32-3)15-22(12-18)33-4/h5-12,14-15,17,24H,13,16H2,1-4H3,(H,28,29). The molecular weight excluding hydrogens is 482 g/mol. The van der Waals surface area contributed by atoms with Crippen LogP contribution in [0.1, 0.15) is 42.4 Å². The van der Waals surface area contributed by atoms with E-state index in [1.165, 1.54) is 26.4 Å². The van der Waals surface area contributed by atoms with E-state index in [2.05, 4.69) is 4.72 Å². The van der Waals surface area contributed by atoms with E-state index in [0.717, 1.165) is 11.1 Å². The van der Waals surface area contributed by atoms with Gasteiger partial charge in [-0.3, -0.25) is 4.79 Å². The van der Waals surface area contributed by atoms with Gasteiger partial charge in [-0.1, -0.05) is 32.0 Å². The van der Waals surface area contributed by atoms with Crippen molar-refractivity contribution in [1.82, 2.24) is 4.72 Å². The summed E-state index contributed by atoms with van der Waals surface area (Å²) in [5.41, 5.74) is 2.33. The molecule has 1 atom stereocenters. The van der Waals surface area contributed by atoms with Crippen LogP contribution in [0, 0.1) is 0 Å². The van der Waals surface area contributed by atoms with Crippen molar-refractivity contribution in [3.63, 3.8) is 0 Å². The van der Waals surface area contributed by atoms with Gasteiger partial charge in [0.05, 0.1) is 25.0 Å². The molecule has 4 rings (SSSR count). The normalized spacial score (nSPS) is 13.4. The van der Waals surface area contributed by atoms with E-state index in [0.29, 0.717) is 28.6 Å². The van der Waals surface area contributed by atoms with Crippen molar-refractivity contribution >= 4 is 15.9 Å². The Morgan fingerprint density at radius 2 is 1.50 bits per heavy atom. The van der Waals surface area contributed by atoms with Gasteiger partial charge in [-0.25, -0.2) is 13.1 Å². The van der Waals surface area contributed by atoms with Crippen LogP contribution in [0.4, 0.5) is 0 Å². The number of rotatable bonds is 9. The van der Waals surface area contributed by atoms with Gasteiger partial charge in [-0.05, 0) is 65.4 Å². The number of benzene rings is 3. The first-order valence-electron chi connectivity index (χ1n) is 11.5. The molecule has 8 nitrogen and oxygen atoms in total. The predicted octanol–water partition coefficient (Wildman–Crippen LogP) is 4.39. The minimum absolute atomic E-state index is 0.0211. The Morgan fingerprint density at radius 3 is 2.11 bits per heavy atom. The smallest absolute Gasteiger partial charge is 0.264 e. The van der Waals surface area contributed by atoms with Crippen LogP contribution in [0.2, 0.25) is 0 Å². The molecule has 3 aromatic carbocycles. The largest absolute Gasteiger partial charge is 0.497 e. The van der Waals surface area contributed by atoms with Gasteiger partial charge >= 0.3 is 0 Å². The molecule has 1 amide bonds. The SMILES string of the molecule is COc1cc(CC(C(=O)NS(=O)(=O)c2ccc(C(C)C)cc2)c2ccc3c(c2)OCO3)cc(OC)c1. The van der Waals surface area contributed by atoms with Crippen molar-refractivity contribution in [3.05, 3.63) is 77.4 Å². The molecule has 1 unspecified atom stereocenters. The van der Waals surface area contributed by atoms with Gasteiger partial charge < -0.3 is 18.9 Å². The molecule has 9 heteroatoms. The quantitative estimate of drug-likeness (QED) is 0.455. The van der Waals surface area contributed by atoms with Crippen LogP contribution in [0.25, 0.3) is 0 Å². The fourth-order valence-electron chi connectivity index (χ4n) is 4.01. The van der Waals surface area contributed by atoms with E-state index in [1.54, 1.807) is 48.5 Å². The number of carbonyl (C=O) groups is 1. The third-order valence-electron chi connectivity index (χ3n) is 6.06. The number of fused-ring (bicyclic) bond motifs is 1. The molecule has 1 aliphatic heterocycles. The first kappa shape index (κ1) is 25.4. The van der Waals surface area contributed by atoms with Gasteiger partial charge in [-0.15, -0.1) is 0 Å². The van der Waals surface area contributed by atoms with E-state index in [-0.39, 0.29) is 24.0 Å². The van der Waals surface area contributed by atoms with Gasteiger partial charge in [0.25, 0.3) is 10.0 Å². The van der Waals surface area contributed by atoms with E-state index >= 15 is 0 Å². The zero-order valence-corrected chi connectivity index (χ0v) is 21.4. The Kier molecular flexibility index (Phi) is 7.40. The van der Waals surface area contributed by atoms with E-state index in [9.17, 15) is 13.2 Å². The maximum Gasteiger partial charge on any atom is 0.264 e. The lowest BCUT2D eigenvalue weighted by atomic mass is 9.91. The minimum Gasteiger partial charge on any atom is -0.497 e. The number of sulfonamides is 1. The molecule has 1 aliphatic rings. The topological polar surface area (TPSA) is 100 Å². The highest BCUT2D eigenvalue weighted by molar-refractivity contribution is 7.90. The lowest BCUT2D eigenvalue weighted by molar-refractivity contribution is -0.120. The molecule has 36 heavy (non-hydrogen) atoms. The molecular formula is C27H29NO7S. The van der Waals surface area contributed by atoms with E-state index in [1.807, 2.05) is 13.8 Å². The van der Waals surface area contributed by atoms with Gasteiger partial charge in [-0.2, -0.15) is 0 Å². The van der Waals surface area contributed by atoms with Gasteiger partial charge in [0, 0.05) is 6.07 Å². The highest BCUT2D eigenvalue weighted by atomic mass is 32.2. The number of hydrogen-bond acceptors (Lipinski definition) is 7. The maximum absolute atomic E-state index is 13.5. The first-order chi connectivity index (χ1) is 17.2. The molecule has 3 aromatic rings. The third-order valence-corrected chi connectivity index (χ3v) is 7.42. The Balaban J connectivity index is 1.67. The average Bonchev–Trinajstić information content (AvgIpc) is 3.34. The summed E-state index contributed by atoms with van der Waals surface area (Å²) in [5.74, 6) is 0.940. The zero-order valence-electron chi connectivity index (χ0n) is 20.6. The van der Waals surface area contributed by atoms with Crippen molar-refractivity contribution < 1.29 is 32.2 Å². The molecule has 190 valence electrons. The molecule has 0 aromatic heterocycles. The van der Waals surface area contributed by atoms with E-state index < -0.39 is 21.8 Å². The number of amides is 1. The summed E-state index contributed by atoms with van der Waals surface area (Å²) in [5, 5.41) is 0. The first-order valence-corrected chi connectivity index (χ1v) is 13.0. The maximum atomic E-state index is 13.5. The van der Waals surface area contributed by atoms with Crippen LogP contribution < -0.4 is 23.7 Å². The predicted molar refractivity (Wildman–Crippen MR) is 134 cm³/mol. The summed E-state index contributed by atoms with van der Waals surface area (Å²) >= 11 is 0. The number of ether oxygens (including phenoxy) is 4. The van der Waals surface area contributed by atoms with Crippen LogP contribution in [0.3, 0.4) is 0 Å². The van der Waals surface area contributed by atoms with Crippen LogP contribution in [0.5, 0.6) is 23.0 Å². The van der Waals surface area contributed by atoms with Crippen LogP contribution >= 0.6 is 0 Å². The number of carbonyl (C=O) groups excluding carboxylic acids is 1. The average molecular weight is 512 g/mol. The lowest BCUT2D eigenvalue weighted by Gasteiger charge is -2.19. The third kappa shape index (κ3) is 5.57. The van der Waals surface area contributed by atoms with Crippen molar-refractivity contribution in [2.45, 2.75) is 37.0 Å². The minimum atomic E-state index is -4.09. The van der Waals surface area contributed by atoms with Crippen molar-refractivity contribution in [1.29, 1.82) is 0 Å². The van der Waals surface area contributed by atoms with Crippen molar-refractivity contribution in [3.8, 4) is 23.0 Å². The van der Waals surface area contributed by atoms with Crippen LogP contribution in [-0.4, -0.2) is 35.3 Å². The second kappa shape index (κ2) is 10.5. The van der Waals surface area contributed by atoms with Crippen LogP contribution in [-0.2, 0) is 21.2 Å². The molecule has 0 radical (unpaired) electrons. The van der Waals surface area contributed by atoms with Crippen molar-refractivity contribution in [2.24, 2.45) is 0 Å². The second-order valence-corrected chi connectivity index (χ2v) is 10.5. The van der Waals surface area contributed by atoms with Crippen LogP contribution in [0.15, 0.2) is 65.6 Å². The number of methoxy groups -OCH3 is 2. The molecule has 0 saturated carbocycles. The molecule has 0 aliphatic carbocycles. The highest BCUT2D eigenvalue weighted by Crippen LogP contribution is 2.36. The zero-order chi connectivity index (χ0) is 25.9. The Labute approximate surface area is 211 Å². The number of hydrogen-bond donors (Lipinski definition) is 1.